The molecule has 5 heteroatoms. The van der Waals surface area contributed by atoms with Crippen LogP contribution < -0.4 is 5.32 Å². The molecule has 1 unspecified atom stereocenters. The van der Waals surface area contributed by atoms with Crippen LogP contribution in [-0.2, 0) is 6.42 Å². The number of thiophene rings is 1. The first-order valence-electron chi connectivity index (χ1n) is 6.02. The first kappa shape index (κ1) is 15.0. The fourth-order valence-electron chi connectivity index (χ4n) is 1.98. The lowest BCUT2D eigenvalue weighted by Gasteiger charge is -2.19. The zero-order valence-corrected chi connectivity index (χ0v) is 13.6. The van der Waals surface area contributed by atoms with Gasteiger partial charge in [-0.25, -0.2) is 4.39 Å². The molecule has 0 spiro atoms. The maximum atomic E-state index is 13.4. The van der Waals surface area contributed by atoms with Gasteiger partial charge in [0, 0.05) is 21.8 Å². The van der Waals surface area contributed by atoms with Crippen molar-refractivity contribution in [2.75, 3.05) is 6.54 Å². The molecule has 0 fully saturated rings. The molecule has 0 saturated carbocycles. The average molecular weight is 363 g/mol. The Morgan fingerprint density at radius 2 is 2.16 bits per heavy atom. The second-order valence-electron chi connectivity index (χ2n) is 4.19. The van der Waals surface area contributed by atoms with Crippen LogP contribution in [0.2, 0.25) is 4.34 Å². The Labute approximate surface area is 129 Å². The Balaban J connectivity index is 2.26. The fraction of sp³-hybridized carbons (Fsp3) is 0.286. The summed E-state index contributed by atoms with van der Waals surface area (Å²) in [4.78, 5) is 1.19. The molecule has 0 saturated heterocycles. The van der Waals surface area contributed by atoms with Gasteiger partial charge >= 0.3 is 0 Å². The minimum atomic E-state index is -0.217. The fourth-order valence-corrected chi connectivity index (χ4v) is 3.64. The van der Waals surface area contributed by atoms with Crippen molar-refractivity contribution in [3.8, 4) is 0 Å². The van der Waals surface area contributed by atoms with Crippen molar-refractivity contribution in [2.24, 2.45) is 0 Å². The Morgan fingerprint density at radius 3 is 2.79 bits per heavy atom. The van der Waals surface area contributed by atoms with Gasteiger partial charge in [0.1, 0.15) is 5.82 Å². The van der Waals surface area contributed by atoms with Crippen molar-refractivity contribution in [1.82, 2.24) is 5.32 Å². The van der Waals surface area contributed by atoms with Crippen LogP contribution >= 0.6 is 38.9 Å². The standard InChI is InChI=1S/C14H14BrClFNS/c1-2-18-13(8-10-4-6-14(16)19-10)11-7-9(17)3-5-12(11)15/h3-7,13,18H,2,8H2,1H3. The minimum Gasteiger partial charge on any atom is -0.310 e. The summed E-state index contributed by atoms with van der Waals surface area (Å²) in [6.07, 6.45) is 0.799. The highest BCUT2D eigenvalue weighted by Crippen LogP contribution is 2.30. The van der Waals surface area contributed by atoms with Gasteiger partial charge in [0.2, 0.25) is 0 Å². The molecule has 0 amide bonds. The molecule has 0 radical (unpaired) electrons. The summed E-state index contributed by atoms with van der Waals surface area (Å²) in [6, 6.07) is 8.77. The lowest BCUT2D eigenvalue weighted by molar-refractivity contribution is 0.544. The van der Waals surface area contributed by atoms with Gasteiger partial charge in [-0.2, -0.15) is 0 Å². The van der Waals surface area contributed by atoms with E-state index in [2.05, 4.69) is 21.2 Å². The second kappa shape index (κ2) is 6.84. The number of nitrogens with one attached hydrogen (secondary N) is 1. The average Bonchev–Trinajstić information content (AvgIpc) is 2.77. The Kier molecular flexibility index (Phi) is 5.39. The number of hydrogen-bond acceptors (Lipinski definition) is 2. The van der Waals surface area contributed by atoms with Gasteiger partial charge in [-0.15, -0.1) is 11.3 Å². The maximum Gasteiger partial charge on any atom is 0.123 e. The van der Waals surface area contributed by atoms with Gasteiger partial charge in [-0.05, 0) is 42.4 Å². The van der Waals surface area contributed by atoms with E-state index < -0.39 is 0 Å². The molecule has 0 aliphatic rings. The van der Waals surface area contributed by atoms with E-state index in [-0.39, 0.29) is 11.9 Å². The molecule has 1 aromatic heterocycles. The first-order valence-corrected chi connectivity index (χ1v) is 8.01. The van der Waals surface area contributed by atoms with Crippen LogP contribution in [-0.4, -0.2) is 6.54 Å². The summed E-state index contributed by atoms with van der Waals surface area (Å²) >= 11 is 11.0. The number of likely N-dealkylation sites (N-methyl/N-ethyl adjacent to an activating group) is 1. The smallest absolute Gasteiger partial charge is 0.123 e. The Morgan fingerprint density at radius 1 is 1.37 bits per heavy atom. The van der Waals surface area contributed by atoms with Crippen molar-refractivity contribution >= 4 is 38.9 Å². The van der Waals surface area contributed by atoms with Crippen LogP contribution in [0.25, 0.3) is 0 Å². The van der Waals surface area contributed by atoms with Crippen LogP contribution in [0.5, 0.6) is 0 Å². The third-order valence-corrected chi connectivity index (χ3v) is 4.79. The summed E-state index contributed by atoms with van der Waals surface area (Å²) in [7, 11) is 0. The molecule has 2 rings (SSSR count). The summed E-state index contributed by atoms with van der Waals surface area (Å²) in [5, 5.41) is 3.39. The van der Waals surface area contributed by atoms with E-state index >= 15 is 0 Å². The Bertz CT molecular complexity index is 558. The van der Waals surface area contributed by atoms with E-state index in [4.69, 9.17) is 11.6 Å². The highest BCUT2D eigenvalue weighted by Gasteiger charge is 2.16. The number of benzene rings is 1. The van der Waals surface area contributed by atoms with Gasteiger partial charge in [-0.3, -0.25) is 0 Å². The van der Waals surface area contributed by atoms with E-state index in [1.807, 2.05) is 19.1 Å². The zero-order valence-electron chi connectivity index (χ0n) is 10.4. The molecule has 1 heterocycles. The van der Waals surface area contributed by atoms with E-state index in [0.29, 0.717) is 0 Å². The van der Waals surface area contributed by atoms with Gasteiger partial charge < -0.3 is 5.32 Å². The number of halogens is 3. The van der Waals surface area contributed by atoms with Crippen LogP contribution in [0.1, 0.15) is 23.4 Å². The lowest BCUT2D eigenvalue weighted by Crippen LogP contribution is -2.23. The third kappa shape index (κ3) is 4.02. The van der Waals surface area contributed by atoms with Crippen molar-refractivity contribution in [3.05, 3.63) is 55.4 Å². The number of rotatable bonds is 5. The molecular formula is C14H14BrClFNS. The van der Waals surface area contributed by atoms with E-state index in [1.165, 1.54) is 10.9 Å². The Hall–Kier alpha value is -0.420. The molecule has 2 aromatic rings. The number of hydrogen-bond donors (Lipinski definition) is 1. The van der Waals surface area contributed by atoms with Gasteiger partial charge in [-0.1, -0.05) is 34.5 Å². The van der Waals surface area contributed by atoms with Gasteiger partial charge in [0.05, 0.1) is 4.34 Å². The van der Waals surface area contributed by atoms with Crippen molar-refractivity contribution in [2.45, 2.75) is 19.4 Å². The molecule has 102 valence electrons. The third-order valence-electron chi connectivity index (χ3n) is 2.82. The quantitative estimate of drug-likeness (QED) is 0.771. The zero-order chi connectivity index (χ0) is 13.8. The van der Waals surface area contributed by atoms with Gasteiger partial charge in [0.25, 0.3) is 0 Å². The molecule has 0 bridgehead atoms. The van der Waals surface area contributed by atoms with Crippen LogP contribution in [0, 0.1) is 5.82 Å². The highest BCUT2D eigenvalue weighted by molar-refractivity contribution is 9.10. The molecule has 1 N–H and O–H groups in total. The molecule has 1 aromatic carbocycles. The van der Waals surface area contributed by atoms with Gasteiger partial charge in [0.15, 0.2) is 0 Å². The minimum absolute atomic E-state index is 0.0739. The van der Waals surface area contributed by atoms with E-state index in [1.54, 1.807) is 23.5 Å². The SMILES string of the molecule is CCNC(Cc1ccc(Cl)s1)c1cc(F)ccc1Br. The molecular weight excluding hydrogens is 349 g/mol. The summed E-state index contributed by atoms with van der Waals surface area (Å²) in [5.74, 6) is -0.217. The monoisotopic (exact) mass is 361 g/mol. The lowest BCUT2D eigenvalue weighted by atomic mass is 10.0. The predicted molar refractivity (Wildman–Crippen MR) is 83.6 cm³/mol. The van der Waals surface area contributed by atoms with Crippen molar-refractivity contribution in [1.29, 1.82) is 0 Å². The highest BCUT2D eigenvalue weighted by atomic mass is 79.9. The molecule has 0 aliphatic carbocycles. The summed E-state index contributed by atoms with van der Waals surface area (Å²) < 4.78 is 15.1. The summed E-state index contributed by atoms with van der Waals surface area (Å²) in [6.45, 7) is 2.87. The van der Waals surface area contributed by atoms with E-state index in [0.717, 1.165) is 27.3 Å². The molecule has 0 aliphatic heterocycles. The largest absolute Gasteiger partial charge is 0.310 e. The van der Waals surface area contributed by atoms with Crippen LogP contribution in [0.4, 0.5) is 4.39 Å². The maximum absolute atomic E-state index is 13.4. The molecule has 19 heavy (non-hydrogen) atoms. The van der Waals surface area contributed by atoms with Crippen LogP contribution in [0.15, 0.2) is 34.8 Å². The van der Waals surface area contributed by atoms with Crippen molar-refractivity contribution < 1.29 is 4.39 Å². The van der Waals surface area contributed by atoms with Crippen molar-refractivity contribution in [3.63, 3.8) is 0 Å². The topological polar surface area (TPSA) is 12.0 Å². The van der Waals surface area contributed by atoms with Crippen LogP contribution in [0.3, 0.4) is 0 Å². The first-order chi connectivity index (χ1) is 9.10. The predicted octanol–water partition coefficient (Wildman–Crippen LogP) is 5.20. The second-order valence-corrected chi connectivity index (χ2v) is 6.84. The molecule has 1 nitrogen and oxygen atoms in total. The summed E-state index contributed by atoms with van der Waals surface area (Å²) in [5.41, 5.74) is 0.936. The normalized spacial score (nSPS) is 12.6. The molecule has 1 atom stereocenters. The van der Waals surface area contributed by atoms with E-state index in [9.17, 15) is 4.39 Å².